The zero-order valence-corrected chi connectivity index (χ0v) is 30.0. The highest BCUT2D eigenvalue weighted by Gasteiger charge is 2.73. The number of aromatic nitrogens is 3. The van der Waals surface area contributed by atoms with Gasteiger partial charge in [0.05, 0.1) is 30.1 Å². The number of amides is 2. The van der Waals surface area contributed by atoms with Crippen LogP contribution in [-0.2, 0) is 31.1 Å². The number of morpholine rings is 1. The molecular weight excluding hydrogens is 709 g/mol. The van der Waals surface area contributed by atoms with Crippen molar-refractivity contribution >= 4 is 34.5 Å². The zero-order valence-electron chi connectivity index (χ0n) is 30.0. The first-order valence-electron chi connectivity index (χ1n) is 18.3. The minimum absolute atomic E-state index is 0.0420. The van der Waals surface area contributed by atoms with Gasteiger partial charge in [0.2, 0.25) is 11.8 Å². The maximum atomic E-state index is 15.0. The predicted octanol–water partition coefficient (Wildman–Crippen LogP) is 4.61. The monoisotopic (exact) mass is 744 g/mol. The van der Waals surface area contributed by atoms with Crippen molar-refractivity contribution in [2.24, 2.45) is 11.7 Å². The van der Waals surface area contributed by atoms with Crippen molar-refractivity contribution in [2.75, 3.05) is 18.5 Å². The largest absolute Gasteiger partial charge is 0.491 e. The number of cyclic esters (lactones) is 1. The van der Waals surface area contributed by atoms with Gasteiger partial charge in [-0.1, -0.05) is 102 Å². The number of rotatable bonds is 8. The summed E-state index contributed by atoms with van der Waals surface area (Å²) in [6.45, 7) is 0.0949. The summed E-state index contributed by atoms with van der Waals surface area (Å²) in [6.07, 6.45) is -0.809. The normalized spacial score (nSPS) is 23.8. The lowest BCUT2D eigenvalue weighted by Gasteiger charge is -2.46. The van der Waals surface area contributed by atoms with Gasteiger partial charge >= 0.3 is 5.97 Å². The van der Waals surface area contributed by atoms with Gasteiger partial charge in [0, 0.05) is 11.3 Å². The molecule has 4 heterocycles. The molecule has 0 saturated carbocycles. The average molecular weight is 745 g/mol. The molecule has 3 aliphatic heterocycles. The van der Waals surface area contributed by atoms with E-state index in [0.717, 1.165) is 22.2 Å². The molecule has 56 heavy (non-hydrogen) atoms. The molecule has 0 aliphatic carbocycles. The number of carbonyl (C=O) groups excluding carboxylic acids is 3. The van der Waals surface area contributed by atoms with Crippen molar-refractivity contribution in [1.82, 2.24) is 19.9 Å². The van der Waals surface area contributed by atoms with Crippen molar-refractivity contribution in [3.63, 3.8) is 0 Å². The maximum absolute atomic E-state index is 15.0. The minimum Gasteiger partial charge on any atom is -0.491 e. The fourth-order valence-corrected chi connectivity index (χ4v) is 8.89. The number of nitrogens with one attached hydrogen (secondary N) is 1. The number of para-hydroxylation sites is 1. The highest BCUT2D eigenvalue weighted by molar-refractivity contribution is 6.12. The molecule has 2 fully saturated rings. The summed E-state index contributed by atoms with van der Waals surface area (Å²) in [6, 6.07) is 36.4. The van der Waals surface area contributed by atoms with E-state index in [-0.39, 0.29) is 19.8 Å². The van der Waals surface area contributed by atoms with Crippen LogP contribution in [0.15, 0.2) is 127 Å². The van der Waals surface area contributed by atoms with Gasteiger partial charge in [-0.05, 0) is 64.7 Å². The molecule has 3 aliphatic rings. The lowest BCUT2D eigenvalue weighted by molar-refractivity contribution is -0.178. The number of carbonyl (C=O) groups is 3. The predicted molar refractivity (Wildman–Crippen MR) is 206 cm³/mol. The van der Waals surface area contributed by atoms with Crippen molar-refractivity contribution < 1.29 is 29.0 Å². The van der Waals surface area contributed by atoms with E-state index in [1.807, 2.05) is 102 Å². The molecular formula is C44H36N6O6. The number of benzene rings is 5. The second-order valence-electron chi connectivity index (χ2n) is 14.1. The SMILES string of the molecule is NC(=O)[C@@H]1[C@H]2C(=O)O[C@H](c3ccccc3)[C@H](c3ccccc3)N2[C@H](c2cccc(OCCO)c2)[C@@]12C(=O)Nc1ccc(C#CCn3nnc4ccccc43)cc12. The Hall–Kier alpha value is -6.81. The summed E-state index contributed by atoms with van der Waals surface area (Å²) in [4.78, 5) is 45.7. The Kier molecular flexibility index (Phi) is 8.80. The van der Waals surface area contributed by atoms with E-state index in [1.54, 1.807) is 35.0 Å². The summed E-state index contributed by atoms with van der Waals surface area (Å²) in [5.41, 5.74) is 9.98. The van der Waals surface area contributed by atoms with Crippen LogP contribution in [0.4, 0.5) is 5.69 Å². The lowest BCUT2D eigenvalue weighted by atomic mass is 9.65. The van der Waals surface area contributed by atoms with Gasteiger partial charge in [-0.3, -0.25) is 19.3 Å². The van der Waals surface area contributed by atoms with E-state index in [0.29, 0.717) is 28.1 Å². The molecule has 12 heteroatoms. The Morgan fingerprint density at radius 3 is 2.38 bits per heavy atom. The Morgan fingerprint density at radius 1 is 0.875 bits per heavy atom. The summed E-state index contributed by atoms with van der Waals surface area (Å²) >= 11 is 0. The number of primary amides is 1. The van der Waals surface area contributed by atoms with Crippen LogP contribution >= 0.6 is 0 Å². The van der Waals surface area contributed by atoms with E-state index in [4.69, 9.17) is 15.2 Å². The van der Waals surface area contributed by atoms with Gasteiger partial charge < -0.3 is 25.6 Å². The van der Waals surface area contributed by atoms with Crippen molar-refractivity contribution in [2.45, 2.75) is 36.2 Å². The number of aliphatic hydroxyl groups is 1. The lowest BCUT2D eigenvalue weighted by Crippen LogP contribution is -2.53. The van der Waals surface area contributed by atoms with Crippen LogP contribution in [0.1, 0.15) is 46.0 Å². The van der Waals surface area contributed by atoms with Crippen molar-refractivity contribution in [1.29, 1.82) is 0 Å². The van der Waals surface area contributed by atoms with E-state index < -0.39 is 53.3 Å². The van der Waals surface area contributed by atoms with Gasteiger partial charge in [0.25, 0.3) is 0 Å². The number of esters is 1. The molecule has 0 unspecified atom stereocenters. The standard InChI is InChI=1S/C44H36N6O6/c45-41(52)36-38-42(53)56-39(29-14-5-2-6-15-29)37(28-12-3-1-4-13-28)50(38)40(30-16-9-17-31(26-30)55-24-23-51)44(36)32-25-27(20-21-33(32)46-43(44)54)11-10-22-49-35-19-8-7-18-34(35)47-48-49/h1-9,12-21,25-26,36-40,51H,22-24H2,(H2,45,52)(H,46,54)/t36-,37-,38-,39+,40+,44-/m0/s1. The van der Waals surface area contributed by atoms with E-state index in [9.17, 15) is 14.7 Å². The Morgan fingerprint density at radius 2 is 1.61 bits per heavy atom. The quantitative estimate of drug-likeness (QED) is 0.149. The molecule has 0 bridgehead atoms. The fraction of sp³-hybridized carbons (Fsp3) is 0.205. The summed E-state index contributed by atoms with van der Waals surface area (Å²) in [5.74, 6) is 3.52. The molecule has 278 valence electrons. The van der Waals surface area contributed by atoms with Crippen LogP contribution in [0.3, 0.4) is 0 Å². The van der Waals surface area contributed by atoms with Crippen LogP contribution in [0.25, 0.3) is 11.0 Å². The first-order valence-corrected chi connectivity index (χ1v) is 18.3. The molecule has 2 saturated heterocycles. The molecule has 2 amide bonds. The molecule has 1 spiro atoms. The van der Waals surface area contributed by atoms with E-state index in [2.05, 4.69) is 27.5 Å². The molecule has 6 aromatic rings. The first-order chi connectivity index (χ1) is 27.4. The Labute approximate surface area is 321 Å². The van der Waals surface area contributed by atoms with Gasteiger partial charge in [0.15, 0.2) is 0 Å². The third kappa shape index (κ3) is 5.59. The molecule has 9 rings (SSSR count). The highest BCUT2D eigenvalue weighted by Crippen LogP contribution is 2.64. The maximum Gasteiger partial charge on any atom is 0.324 e. The molecule has 5 aromatic carbocycles. The number of nitrogens with zero attached hydrogens (tertiary/aromatic N) is 4. The number of nitrogens with two attached hydrogens (primary N) is 1. The smallest absolute Gasteiger partial charge is 0.324 e. The third-order valence-electron chi connectivity index (χ3n) is 11.0. The average Bonchev–Trinajstić information content (AvgIpc) is 3.88. The molecule has 6 atom stereocenters. The van der Waals surface area contributed by atoms with E-state index in [1.165, 1.54) is 0 Å². The number of hydrogen-bond acceptors (Lipinski definition) is 9. The molecule has 4 N–H and O–H groups in total. The van der Waals surface area contributed by atoms with Crippen LogP contribution in [-0.4, -0.2) is 62.0 Å². The first kappa shape index (κ1) is 34.9. The van der Waals surface area contributed by atoms with Crippen molar-refractivity contribution in [3.8, 4) is 17.6 Å². The molecule has 1 aromatic heterocycles. The number of hydrogen-bond donors (Lipinski definition) is 3. The second-order valence-corrected chi connectivity index (χ2v) is 14.1. The van der Waals surface area contributed by atoms with Gasteiger partial charge in [-0.15, -0.1) is 5.10 Å². The number of ether oxygens (including phenoxy) is 2. The Balaban J connectivity index is 1.26. The molecule has 0 radical (unpaired) electrons. The van der Waals surface area contributed by atoms with Crippen LogP contribution in [0, 0.1) is 17.8 Å². The van der Waals surface area contributed by atoms with Gasteiger partial charge in [-0.25, -0.2) is 4.68 Å². The van der Waals surface area contributed by atoms with Crippen LogP contribution < -0.4 is 15.8 Å². The molecule has 12 nitrogen and oxygen atoms in total. The second kappa shape index (κ2) is 14.1. The Bertz CT molecular complexity index is 2550. The van der Waals surface area contributed by atoms with E-state index >= 15 is 4.79 Å². The minimum atomic E-state index is -1.72. The number of fused-ring (bicyclic) bond motifs is 4. The number of anilines is 1. The van der Waals surface area contributed by atoms with Crippen molar-refractivity contribution in [3.05, 3.63) is 155 Å². The number of aliphatic hydroxyl groups excluding tert-OH is 1. The van der Waals surface area contributed by atoms with Gasteiger partial charge in [-0.2, -0.15) is 0 Å². The third-order valence-corrected chi connectivity index (χ3v) is 11.0. The van der Waals surface area contributed by atoms with Crippen LogP contribution in [0.5, 0.6) is 5.75 Å². The summed E-state index contributed by atoms with van der Waals surface area (Å²) in [5, 5.41) is 21.1. The topological polar surface area (TPSA) is 162 Å². The zero-order chi connectivity index (χ0) is 38.4. The van der Waals surface area contributed by atoms with Gasteiger partial charge in [0.1, 0.15) is 42.0 Å². The summed E-state index contributed by atoms with van der Waals surface area (Å²) < 4.78 is 13.9. The summed E-state index contributed by atoms with van der Waals surface area (Å²) in [7, 11) is 0. The fourth-order valence-electron chi connectivity index (χ4n) is 8.89. The van der Waals surface area contributed by atoms with Crippen LogP contribution in [0.2, 0.25) is 0 Å². The highest BCUT2D eigenvalue weighted by atomic mass is 16.6.